The molecule has 6 nitrogen and oxygen atoms in total. The maximum absolute atomic E-state index is 12.6. The topological polar surface area (TPSA) is 77.9 Å². The quantitative estimate of drug-likeness (QED) is 0.924. The van der Waals surface area contributed by atoms with Gasteiger partial charge in [-0.05, 0) is 31.9 Å². The number of sulfonamides is 1. The van der Waals surface area contributed by atoms with E-state index in [0.717, 1.165) is 0 Å². The SMILES string of the molecule is CN(C1(C)CCN(C(=O)O)CC1)S(=O)(=O)c1ccccc1. The van der Waals surface area contributed by atoms with Crippen LogP contribution in [0.4, 0.5) is 4.79 Å². The maximum atomic E-state index is 12.6. The number of piperidine rings is 1. The fourth-order valence-corrected chi connectivity index (χ4v) is 4.12. The summed E-state index contributed by atoms with van der Waals surface area (Å²) in [6, 6.07) is 8.29. The molecule has 0 aromatic heterocycles. The zero-order chi connectivity index (χ0) is 15.7. The summed E-state index contributed by atoms with van der Waals surface area (Å²) < 4.78 is 26.7. The first-order chi connectivity index (χ1) is 9.77. The highest BCUT2D eigenvalue weighted by atomic mass is 32.2. The van der Waals surface area contributed by atoms with Crippen molar-refractivity contribution < 1.29 is 18.3 Å². The van der Waals surface area contributed by atoms with E-state index in [2.05, 4.69) is 0 Å². The molecule has 7 heteroatoms. The number of amides is 1. The Morgan fingerprint density at radius 3 is 2.24 bits per heavy atom. The average Bonchev–Trinajstić information content (AvgIpc) is 2.47. The molecule has 0 radical (unpaired) electrons. The van der Waals surface area contributed by atoms with Crippen LogP contribution in [0.2, 0.25) is 0 Å². The van der Waals surface area contributed by atoms with Crippen molar-refractivity contribution in [2.45, 2.75) is 30.2 Å². The summed E-state index contributed by atoms with van der Waals surface area (Å²) in [6.07, 6.45) is 0.0228. The molecule has 0 atom stereocenters. The molecule has 1 N–H and O–H groups in total. The largest absolute Gasteiger partial charge is 0.465 e. The van der Waals surface area contributed by atoms with E-state index in [1.165, 1.54) is 9.21 Å². The number of carbonyl (C=O) groups is 1. The van der Waals surface area contributed by atoms with Crippen molar-refractivity contribution in [3.8, 4) is 0 Å². The molecule has 0 unspecified atom stereocenters. The standard InChI is InChI=1S/C14H20N2O4S/c1-14(8-10-16(11-9-14)13(17)18)15(2)21(19,20)12-6-4-3-5-7-12/h3-7H,8-11H2,1-2H3,(H,17,18). The third-order valence-electron chi connectivity index (χ3n) is 4.27. The molecule has 1 saturated heterocycles. The lowest BCUT2D eigenvalue weighted by Gasteiger charge is -2.43. The maximum Gasteiger partial charge on any atom is 0.407 e. The smallest absolute Gasteiger partial charge is 0.407 e. The molecular formula is C14H20N2O4S. The molecule has 116 valence electrons. The number of nitrogens with zero attached hydrogens (tertiary/aromatic N) is 2. The van der Waals surface area contributed by atoms with Crippen molar-refractivity contribution in [2.24, 2.45) is 0 Å². The minimum Gasteiger partial charge on any atom is -0.465 e. The molecule has 21 heavy (non-hydrogen) atoms. The summed E-state index contributed by atoms with van der Waals surface area (Å²) in [5.74, 6) is 0. The van der Waals surface area contributed by atoms with Gasteiger partial charge < -0.3 is 10.0 Å². The monoisotopic (exact) mass is 312 g/mol. The Balaban J connectivity index is 2.20. The molecule has 1 amide bonds. The van der Waals surface area contributed by atoms with Gasteiger partial charge in [0.15, 0.2) is 0 Å². The minimum absolute atomic E-state index is 0.259. The molecule has 1 aromatic carbocycles. The van der Waals surface area contributed by atoms with Crippen molar-refractivity contribution >= 4 is 16.1 Å². The number of likely N-dealkylation sites (tertiary alicyclic amines) is 1. The van der Waals surface area contributed by atoms with Crippen molar-refractivity contribution in [3.63, 3.8) is 0 Å². The second kappa shape index (κ2) is 5.65. The summed E-state index contributed by atoms with van der Waals surface area (Å²) in [4.78, 5) is 12.5. The molecule has 1 fully saturated rings. The van der Waals surface area contributed by atoms with Crippen LogP contribution in [0.3, 0.4) is 0 Å². The van der Waals surface area contributed by atoms with Gasteiger partial charge in [-0.3, -0.25) is 0 Å². The van der Waals surface area contributed by atoms with Gasteiger partial charge in [-0.15, -0.1) is 0 Å². The Morgan fingerprint density at radius 1 is 1.24 bits per heavy atom. The van der Waals surface area contributed by atoms with Crippen molar-refractivity contribution in [2.75, 3.05) is 20.1 Å². The molecule has 0 aliphatic carbocycles. The van der Waals surface area contributed by atoms with Crippen LogP contribution < -0.4 is 0 Å². The van der Waals surface area contributed by atoms with Gasteiger partial charge in [-0.25, -0.2) is 13.2 Å². The Morgan fingerprint density at radius 2 is 1.76 bits per heavy atom. The van der Waals surface area contributed by atoms with E-state index in [-0.39, 0.29) is 4.90 Å². The van der Waals surface area contributed by atoms with Gasteiger partial charge in [0, 0.05) is 25.7 Å². The number of rotatable bonds is 3. The zero-order valence-corrected chi connectivity index (χ0v) is 13.0. The minimum atomic E-state index is -3.57. The van der Waals surface area contributed by atoms with Gasteiger partial charge in [0.1, 0.15) is 0 Å². The molecule has 0 bridgehead atoms. The average molecular weight is 312 g/mol. The lowest BCUT2D eigenvalue weighted by atomic mass is 9.90. The molecule has 0 spiro atoms. The van der Waals surface area contributed by atoms with E-state index >= 15 is 0 Å². The molecule has 1 heterocycles. The van der Waals surface area contributed by atoms with Gasteiger partial charge in [0.2, 0.25) is 10.0 Å². The van der Waals surface area contributed by atoms with Gasteiger partial charge in [0.25, 0.3) is 0 Å². The van der Waals surface area contributed by atoms with E-state index in [1.54, 1.807) is 37.4 Å². The fourth-order valence-electron chi connectivity index (χ4n) is 2.54. The van der Waals surface area contributed by atoms with E-state index < -0.39 is 21.7 Å². The summed E-state index contributed by atoms with van der Waals surface area (Å²) in [6.45, 7) is 2.56. The molecular weight excluding hydrogens is 292 g/mol. The van der Waals surface area contributed by atoms with Crippen molar-refractivity contribution in [1.82, 2.24) is 9.21 Å². The van der Waals surface area contributed by atoms with Crippen LogP contribution in [0.1, 0.15) is 19.8 Å². The van der Waals surface area contributed by atoms with Gasteiger partial charge in [0.05, 0.1) is 4.90 Å². The number of carboxylic acid groups (broad SMARTS) is 1. The van der Waals surface area contributed by atoms with E-state index in [4.69, 9.17) is 5.11 Å². The van der Waals surface area contributed by atoms with Gasteiger partial charge in [-0.1, -0.05) is 18.2 Å². The summed E-state index contributed by atoms with van der Waals surface area (Å²) in [5, 5.41) is 8.98. The van der Waals surface area contributed by atoms with Crippen molar-refractivity contribution in [3.05, 3.63) is 30.3 Å². The Kier molecular flexibility index (Phi) is 4.25. The van der Waals surface area contributed by atoms with Crippen LogP contribution in [-0.4, -0.2) is 54.5 Å². The normalized spacial score (nSPS) is 18.7. The molecule has 1 aromatic rings. The summed E-state index contributed by atoms with van der Waals surface area (Å²) in [7, 11) is -2.00. The van der Waals surface area contributed by atoms with Gasteiger partial charge >= 0.3 is 6.09 Å². The second-order valence-corrected chi connectivity index (χ2v) is 7.52. The Labute approximate surface area is 125 Å². The van der Waals surface area contributed by atoms with Crippen LogP contribution in [0.5, 0.6) is 0 Å². The lowest BCUT2D eigenvalue weighted by molar-refractivity contribution is 0.0904. The summed E-state index contributed by atoms with van der Waals surface area (Å²) in [5.41, 5.74) is -0.569. The first-order valence-electron chi connectivity index (χ1n) is 6.79. The highest BCUT2D eigenvalue weighted by molar-refractivity contribution is 7.89. The molecule has 1 aliphatic rings. The fraction of sp³-hybridized carbons (Fsp3) is 0.500. The van der Waals surface area contributed by atoms with E-state index in [9.17, 15) is 13.2 Å². The van der Waals surface area contributed by atoms with Crippen LogP contribution in [0.15, 0.2) is 35.2 Å². The molecule has 2 rings (SSSR count). The van der Waals surface area contributed by atoms with E-state index in [1.807, 2.05) is 6.92 Å². The van der Waals surface area contributed by atoms with Crippen molar-refractivity contribution in [1.29, 1.82) is 0 Å². The van der Waals surface area contributed by atoms with Crippen LogP contribution in [0.25, 0.3) is 0 Å². The third kappa shape index (κ3) is 3.03. The predicted molar refractivity (Wildman–Crippen MR) is 78.6 cm³/mol. The first kappa shape index (κ1) is 15.8. The number of benzene rings is 1. The third-order valence-corrected chi connectivity index (χ3v) is 6.30. The lowest BCUT2D eigenvalue weighted by Crippen LogP contribution is -2.54. The Hall–Kier alpha value is -1.60. The first-order valence-corrected chi connectivity index (χ1v) is 8.23. The molecule has 0 saturated carbocycles. The second-order valence-electron chi connectivity index (χ2n) is 5.55. The van der Waals surface area contributed by atoms with Crippen LogP contribution >= 0.6 is 0 Å². The highest BCUT2D eigenvalue weighted by Crippen LogP contribution is 2.31. The van der Waals surface area contributed by atoms with Crippen LogP contribution in [0, 0.1) is 0 Å². The highest BCUT2D eigenvalue weighted by Gasteiger charge is 2.40. The Bertz CT molecular complexity index is 607. The number of hydrogen-bond donors (Lipinski definition) is 1. The zero-order valence-electron chi connectivity index (χ0n) is 12.2. The van der Waals surface area contributed by atoms with E-state index in [0.29, 0.717) is 25.9 Å². The summed E-state index contributed by atoms with van der Waals surface area (Å²) >= 11 is 0. The predicted octanol–water partition coefficient (Wildman–Crippen LogP) is 1.84. The molecule has 1 aliphatic heterocycles. The van der Waals surface area contributed by atoms with Crippen LogP contribution in [-0.2, 0) is 10.0 Å². The number of hydrogen-bond acceptors (Lipinski definition) is 3. The van der Waals surface area contributed by atoms with Gasteiger partial charge in [-0.2, -0.15) is 4.31 Å².